The Balaban J connectivity index is 1.71. The van der Waals surface area contributed by atoms with Gasteiger partial charge >= 0.3 is 0 Å². The molecule has 0 aromatic carbocycles. The topological polar surface area (TPSA) is 40.6 Å². The van der Waals surface area contributed by atoms with E-state index >= 15 is 0 Å². The molecule has 3 heterocycles. The maximum Gasteiger partial charge on any atom is 0.277 e. The van der Waals surface area contributed by atoms with Gasteiger partial charge in [0.05, 0.1) is 5.57 Å². The van der Waals surface area contributed by atoms with Gasteiger partial charge in [-0.3, -0.25) is 14.5 Å². The Kier molecular flexibility index (Phi) is 6.89. The molecule has 5 heteroatoms. The monoisotopic (exact) mass is 374 g/mol. The van der Waals surface area contributed by atoms with Crippen LogP contribution in [0.4, 0.5) is 0 Å². The Labute approximate surface area is 160 Å². The van der Waals surface area contributed by atoms with Crippen LogP contribution in [0.3, 0.4) is 0 Å². The van der Waals surface area contributed by atoms with Crippen molar-refractivity contribution in [2.75, 3.05) is 19.6 Å². The number of carbonyl (C=O) groups is 2. The van der Waals surface area contributed by atoms with Crippen LogP contribution < -0.4 is 0 Å². The van der Waals surface area contributed by atoms with Crippen LogP contribution in [0.1, 0.15) is 69.6 Å². The summed E-state index contributed by atoms with van der Waals surface area (Å²) in [6.45, 7) is 4.53. The van der Waals surface area contributed by atoms with Crippen molar-refractivity contribution in [3.63, 3.8) is 0 Å². The molecule has 0 radical (unpaired) electrons. The van der Waals surface area contributed by atoms with Crippen molar-refractivity contribution >= 4 is 28.7 Å². The number of piperidine rings is 1. The van der Waals surface area contributed by atoms with Gasteiger partial charge in [-0.2, -0.15) is 0 Å². The zero-order valence-electron chi connectivity index (χ0n) is 15.8. The van der Waals surface area contributed by atoms with Crippen molar-refractivity contribution in [2.45, 2.75) is 64.7 Å². The van der Waals surface area contributed by atoms with E-state index in [4.69, 9.17) is 0 Å². The Morgan fingerprint density at radius 1 is 0.962 bits per heavy atom. The highest BCUT2D eigenvalue weighted by Gasteiger charge is 2.41. The summed E-state index contributed by atoms with van der Waals surface area (Å²) in [5.74, 6) is -0.166. The van der Waals surface area contributed by atoms with E-state index in [2.05, 4.69) is 11.8 Å². The average Bonchev–Trinajstić information content (AvgIpc) is 3.26. The van der Waals surface area contributed by atoms with Crippen molar-refractivity contribution < 1.29 is 9.59 Å². The van der Waals surface area contributed by atoms with Gasteiger partial charge in [-0.25, -0.2) is 0 Å². The van der Waals surface area contributed by atoms with E-state index in [0.717, 1.165) is 43.6 Å². The highest BCUT2D eigenvalue weighted by Crippen LogP contribution is 2.35. The lowest BCUT2D eigenvalue weighted by molar-refractivity contribution is -0.137. The molecule has 1 fully saturated rings. The number of amides is 2. The zero-order valence-corrected chi connectivity index (χ0v) is 16.7. The second-order valence-electron chi connectivity index (χ2n) is 7.28. The average molecular weight is 375 g/mol. The van der Waals surface area contributed by atoms with E-state index in [1.165, 1.54) is 37.0 Å². The van der Waals surface area contributed by atoms with Crippen LogP contribution in [-0.4, -0.2) is 41.2 Å². The highest BCUT2D eigenvalue weighted by molar-refractivity contribution is 7.11. The standard InChI is InChI=1S/C21H30N2O2S/c1-2-3-4-5-6-10-15-23-20(24)18(17-12-11-16-26-17)19(21(23)25)22-13-8-7-9-14-22/h11-12,16H,2-10,13-15H2,1H3. The van der Waals surface area contributed by atoms with Crippen LogP contribution in [0.15, 0.2) is 23.2 Å². The molecular weight excluding hydrogens is 344 g/mol. The molecule has 2 aliphatic rings. The Morgan fingerprint density at radius 3 is 2.38 bits per heavy atom. The summed E-state index contributed by atoms with van der Waals surface area (Å²) in [6, 6.07) is 3.92. The molecule has 1 saturated heterocycles. The molecule has 4 nitrogen and oxygen atoms in total. The third-order valence-electron chi connectivity index (χ3n) is 5.32. The van der Waals surface area contributed by atoms with Gasteiger partial charge in [0.1, 0.15) is 5.70 Å². The summed E-state index contributed by atoms with van der Waals surface area (Å²) < 4.78 is 0. The Hall–Kier alpha value is -1.62. The lowest BCUT2D eigenvalue weighted by Crippen LogP contribution is -2.37. The number of hydrogen-bond donors (Lipinski definition) is 0. The fourth-order valence-corrected chi connectivity index (χ4v) is 4.63. The summed E-state index contributed by atoms with van der Waals surface area (Å²) in [5, 5.41) is 1.98. The van der Waals surface area contributed by atoms with Crippen molar-refractivity contribution in [2.24, 2.45) is 0 Å². The fraction of sp³-hybridized carbons (Fsp3) is 0.619. The van der Waals surface area contributed by atoms with E-state index in [-0.39, 0.29) is 11.8 Å². The molecule has 0 N–H and O–H groups in total. The van der Waals surface area contributed by atoms with Gasteiger partial charge in [0.2, 0.25) is 0 Å². The zero-order chi connectivity index (χ0) is 18.4. The summed E-state index contributed by atoms with van der Waals surface area (Å²) in [5.41, 5.74) is 1.29. The molecule has 2 aliphatic heterocycles. The van der Waals surface area contributed by atoms with Gasteiger partial charge in [-0.15, -0.1) is 11.3 Å². The summed E-state index contributed by atoms with van der Waals surface area (Å²) >= 11 is 1.55. The molecule has 0 atom stereocenters. The van der Waals surface area contributed by atoms with E-state index in [9.17, 15) is 9.59 Å². The van der Waals surface area contributed by atoms with Crippen LogP contribution >= 0.6 is 11.3 Å². The van der Waals surface area contributed by atoms with Gasteiger partial charge in [0.15, 0.2) is 0 Å². The molecule has 0 aliphatic carbocycles. The van der Waals surface area contributed by atoms with Gasteiger partial charge in [-0.05, 0) is 37.1 Å². The lowest BCUT2D eigenvalue weighted by atomic mass is 10.1. The minimum atomic E-state index is -0.0911. The van der Waals surface area contributed by atoms with E-state index < -0.39 is 0 Å². The molecule has 3 rings (SSSR count). The van der Waals surface area contributed by atoms with Gasteiger partial charge in [0, 0.05) is 24.5 Å². The molecule has 0 bridgehead atoms. The second kappa shape index (κ2) is 9.36. The third kappa shape index (κ3) is 4.20. The van der Waals surface area contributed by atoms with Crippen molar-refractivity contribution in [3.8, 4) is 0 Å². The summed E-state index contributed by atoms with van der Waals surface area (Å²) in [6.07, 6.45) is 10.3. The number of thiophene rings is 1. The molecule has 1 aromatic heterocycles. The molecule has 142 valence electrons. The fourth-order valence-electron chi connectivity index (χ4n) is 3.87. The first-order chi connectivity index (χ1) is 12.7. The van der Waals surface area contributed by atoms with Crippen molar-refractivity contribution in [1.29, 1.82) is 0 Å². The first-order valence-electron chi connectivity index (χ1n) is 10.1. The van der Waals surface area contributed by atoms with Gasteiger partial charge in [0.25, 0.3) is 11.8 Å². The summed E-state index contributed by atoms with van der Waals surface area (Å²) in [7, 11) is 0. The predicted octanol–water partition coefficient (Wildman–Crippen LogP) is 4.67. The van der Waals surface area contributed by atoms with Gasteiger partial charge < -0.3 is 4.90 Å². The number of hydrogen-bond acceptors (Lipinski definition) is 4. The van der Waals surface area contributed by atoms with Crippen LogP contribution in [-0.2, 0) is 9.59 Å². The number of imide groups is 1. The molecule has 0 unspecified atom stereocenters. The minimum Gasteiger partial charge on any atom is -0.366 e. The largest absolute Gasteiger partial charge is 0.366 e. The first kappa shape index (κ1) is 19.2. The number of nitrogens with zero attached hydrogens (tertiary/aromatic N) is 2. The molecule has 0 spiro atoms. The summed E-state index contributed by atoms with van der Waals surface area (Å²) in [4.78, 5) is 30.7. The van der Waals surface area contributed by atoms with E-state index in [1.807, 2.05) is 17.5 Å². The Bertz CT molecular complexity index is 645. The SMILES string of the molecule is CCCCCCCCN1C(=O)C(c2cccs2)=C(N2CCCCC2)C1=O. The first-order valence-corrected chi connectivity index (χ1v) is 11.0. The maximum atomic E-state index is 13.1. The molecule has 0 saturated carbocycles. The minimum absolute atomic E-state index is 0.0751. The third-order valence-corrected chi connectivity index (χ3v) is 6.21. The molecular formula is C21H30N2O2S. The Morgan fingerprint density at radius 2 is 1.69 bits per heavy atom. The van der Waals surface area contributed by atoms with Crippen LogP contribution in [0, 0.1) is 0 Å². The number of unbranched alkanes of at least 4 members (excludes halogenated alkanes) is 5. The quantitative estimate of drug-likeness (QED) is 0.466. The highest BCUT2D eigenvalue weighted by atomic mass is 32.1. The van der Waals surface area contributed by atoms with Crippen LogP contribution in [0.5, 0.6) is 0 Å². The molecule has 26 heavy (non-hydrogen) atoms. The lowest BCUT2D eigenvalue weighted by Gasteiger charge is -2.29. The number of carbonyl (C=O) groups excluding carboxylic acids is 2. The molecule has 2 amide bonds. The number of rotatable bonds is 9. The van der Waals surface area contributed by atoms with Gasteiger partial charge in [-0.1, -0.05) is 45.1 Å². The van der Waals surface area contributed by atoms with Crippen molar-refractivity contribution in [3.05, 3.63) is 28.1 Å². The van der Waals surface area contributed by atoms with Crippen molar-refractivity contribution in [1.82, 2.24) is 9.80 Å². The smallest absolute Gasteiger partial charge is 0.277 e. The van der Waals surface area contributed by atoms with E-state index in [1.54, 1.807) is 11.3 Å². The van der Waals surface area contributed by atoms with E-state index in [0.29, 0.717) is 17.8 Å². The molecule has 1 aromatic rings. The predicted molar refractivity (Wildman–Crippen MR) is 107 cm³/mol. The second-order valence-corrected chi connectivity index (χ2v) is 8.23. The number of likely N-dealkylation sites (tertiary alicyclic amines) is 1. The maximum absolute atomic E-state index is 13.1. The van der Waals surface area contributed by atoms with Crippen LogP contribution in [0.25, 0.3) is 5.57 Å². The van der Waals surface area contributed by atoms with Crippen LogP contribution in [0.2, 0.25) is 0 Å². The normalized spacial score (nSPS) is 18.3.